The summed E-state index contributed by atoms with van der Waals surface area (Å²) in [6.45, 7) is 17.7. The molecule has 2 aromatic carbocycles. The number of benzene rings is 2. The van der Waals surface area contributed by atoms with Crippen LogP contribution in [0.25, 0.3) is 0 Å². The summed E-state index contributed by atoms with van der Waals surface area (Å²) >= 11 is 0. The van der Waals surface area contributed by atoms with Crippen LogP contribution in [0.5, 0.6) is 0 Å². The molecule has 0 spiro atoms. The first-order valence-electron chi connectivity index (χ1n) is 12.4. The molecule has 0 saturated heterocycles. The fourth-order valence-electron chi connectivity index (χ4n) is 4.87. The molecule has 1 heterocycles. The van der Waals surface area contributed by atoms with Gasteiger partial charge in [0.25, 0.3) is 8.32 Å². The molecular weight excluding hydrogens is 452 g/mol. The molecule has 1 aliphatic rings. The van der Waals surface area contributed by atoms with E-state index >= 15 is 0 Å². The van der Waals surface area contributed by atoms with Crippen molar-refractivity contribution in [3.8, 4) is 0 Å². The first-order chi connectivity index (χ1) is 16.2. The molecule has 0 bridgehead atoms. The van der Waals surface area contributed by atoms with Crippen LogP contribution in [0.2, 0.25) is 18.1 Å². The molecule has 183 valence electrons. The van der Waals surface area contributed by atoms with E-state index in [9.17, 15) is 0 Å². The average molecular weight is 494 g/mol. The Hall–Kier alpha value is -1.93. The summed E-state index contributed by atoms with van der Waals surface area (Å²) < 4.78 is 20.2. The van der Waals surface area contributed by atoms with Crippen LogP contribution >= 0.6 is 0 Å². The molecule has 0 aliphatic carbocycles. The summed E-state index contributed by atoms with van der Waals surface area (Å²) in [5.74, 6) is 0.723. The minimum absolute atomic E-state index is 0.0828. The van der Waals surface area contributed by atoms with Crippen molar-refractivity contribution < 1.29 is 13.6 Å². The van der Waals surface area contributed by atoms with E-state index in [2.05, 4.69) is 120 Å². The zero-order valence-corrected chi connectivity index (χ0v) is 23.7. The standard InChI is InChI=1S/C29H41O3Si2/c1-8-26-28(22-16-15-21-27(23(2)30-26)31-33(6)7)32-34(29(3,4)5,24-17-11-9-12-18-24)25-19-13-10-14-20-25/h9-20,26-28H,2,8,21-22H2,1,3-7H3/b16-15-/t26-,27+,28+/m0/s1. The van der Waals surface area contributed by atoms with Crippen LogP contribution < -0.4 is 10.4 Å². The monoisotopic (exact) mass is 493 g/mol. The zero-order valence-electron chi connectivity index (χ0n) is 21.7. The van der Waals surface area contributed by atoms with E-state index in [1.54, 1.807) is 0 Å². The van der Waals surface area contributed by atoms with Gasteiger partial charge in [-0.05, 0) is 47.8 Å². The van der Waals surface area contributed by atoms with Crippen molar-refractivity contribution in [2.75, 3.05) is 0 Å². The maximum Gasteiger partial charge on any atom is 0.261 e. The van der Waals surface area contributed by atoms with E-state index in [4.69, 9.17) is 13.6 Å². The van der Waals surface area contributed by atoms with Crippen molar-refractivity contribution in [3.05, 3.63) is 85.2 Å². The Bertz CT molecular complexity index is 895. The quantitative estimate of drug-likeness (QED) is 0.338. The van der Waals surface area contributed by atoms with Crippen LogP contribution in [0.1, 0.15) is 47.0 Å². The number of ether oxygens (including phenoxy) is 1. The fraction of sp³-hybridized carbons (Fsp3) is 0.448. The highest BCUT2D eigenvalue weighted by Gasteiger charge is 2.52. The summed E-state index contributed by atoms with van der Waals surface area (Å²) in [4.78, 5) is 0. The molecular formula is C29H41O3Si2. The van der Waals surface area contributed by atoms with E-state index < -0.39 is 17.4 Å². The number of hydrogen-bond acceptors (Lipinski definition) is 3. The van der Waals surface area contributed by atoms with Crippen molar-refractivity contribution in [3.63, 3.8) is 0 Å². The van der Waals surface area contributed by atoms with E-state index in [0.29, 0.717) is 0 Å². The van der Waals surface area contributed by atoms with Gasteiger partial charge in [-0.2, -0.15) is 0 Å². The van der Waals surface area contributed by atoms with Gasteiger partial charge in [-0.15, -0.1) is 0 Å². The Morgan fingerprint density at radius 2 is 1.47 bits per heavy atom. The summed E-state index contributed by atoms with van der Waals surface area (Å²) in [5, 5.41) is 2.49. The zero-order chi connectivity index (χ0) is 24.8. The lowest BCUT2D eigenvalue weighted by atomic mass is 10.1. The van der Waals surface area contributed by atoms with Crippen LogP contribution in [-0.2, 0) is 13.6 Å². The van der Waals surface area contributed by atoms with Gasteiger partial charge in [0.05, 0.1) is 6.10 Å². The molecule has 34 heavy (non-hydrogen) atoms. The van der Waals surface area contributed by atoms with Crippen molar-refractivity contribution in [2.24, 2.45) is 0 Å². The average Bonchev–Trinajstić information content (AvgIpc) is 2.87. The van der Waals surface area contributed by atoms with E-state index in [1.807, 2.05) is 0 Å². The Labute approximate surface area is 209 Å². The molecule has 0 saturated carbocycles. The van der Waals surface area contributed by atoms with Crippen LogP contribution in [0.15, 0.2) is 85.2 Å². The second-order valence-electron chi connectivity index (χ2n) is 10.3. The van der Waals surface area contributed by atoms with Crippen molar-refractivity contribution in [1.82, 2.24) is 0 Å². The van der Waals surface area contributed by atoms with Crippen molar-refractivity contribution >= 4 is 27.7 Å². The maximum atomic E-state index is 7.46. The molecule has 3 rings (SSSR count). The summed E-state index contributed by atoms with van der Waals surface area (Å²) in [7, 11) is -3.55. The van der Waals surface area contributed by atoms with Crippen LogP contribution in [0.3, 0.4) is 0 Å². The van der Waals surface area contributed by atoms with Gasteiger partial charge in [-0.25, -0.2) is 0 Å². The lowest BCUT2D eigenvalue weighted by molar-refractivity contribution is -0.0129. The highest BCUT2D eigenvalue weighted by Crippen LogP contribution is 2.39. The van der Waals surface area contributed by atoms with Gasteiger partial charge < -0.3 is 13.6 Å². The molecule has 1 radical (unpaired) electrons. The molecule has 0 aromatic heterocycles. The van der Waals surface area contributed by atoms with Gasteiger partial charge in [0.1, 0.15) is 18.0 Å². The van der Waals surface area contributed by atoms with Gasteiger partial charge in [0, 0.05) is 0 Å². The van der Waals surface area contributed by atoms with Gasteiger partial charge in [-0.1, -0.05) is 107 Å². The van der Waals surface area contributed by atoms with Gasteiger partial charge in [0.2, 0.25) is 9.04 Å². The van der Waals surface area contributed by atoms with Crippen molar-refractivity contribution in [1.29, 1.82) is 0 Å². The first-order valence-corrected chi connectivity index (χ1v) is 16.8. The maximum absolute atomic E-state index is 7.46. The minimum Gasteiger partial charge on any atom is -0.490 e. The number of rotatable bonds is 7. The van der Waals surface area contributed by atoms with E-state index in [1.165, 1.54) is 10.4 Å². The highest BCUT2D eigenvalue weighted by molar-refractivity contribution is 6.99. The summed E-state index contributed by atoms with van der Waals surface area (Å²) in [6, 6.07) is 21.6. The van der Waals surface area contributed by atoms with Crippen molar-refractivity contribution in [2.45, 2.75) is 83.4 Å². The summed E-state index contributed by atoms with van der Waals surface area (Å²) in [5.41, 5.74) is 0. The third kappa shape index (κ3) is 6.00. The fourth-order valence-corrected chi connectivity index (χ4v) is 10.4. The van der Waals surface area contributed by atoms with Crippen LogP contribution in [0, 0.1) is 0 Å². The normalized spacial score (nSPS) is 23.0. The molecule has 3 nitrogen and oxygen atoms in total. The van der Waals surface area contributed by atoms with Gasteiger partial charge in [-0.3, -0.25) is 0 Å². The molecule has 2 aromatic rings. The molecule has 3 atom stereocenters. The molecule has 0 unspecified atom stereocenters. The highest BCUT2D eigenvalue weighted by atomic mass is 28.4. The van der Waals surface area contributed by atoms with Gasteiger partial charge >= 0.3 is 0 Å². The second kappa shape index (κ2) is 11.7. The summed E-state index contributed by atoms with van der Waals surface area (Å²) in [6.07, 6.45) is 6.63. The predicted octanol–water partition coefficient (Wildman–Crippen LogP) is 6.23. The first kappa shape index (κ1) is 26.7. The Morgan fingerprint density at radius 1 is 0.941 bits per heavy atom. The van der Waals surface area contributed by atoms with Crippen LogP contribution in [0.4, 0.5) is 0 Å². The van der Waals surface area contributed by atoms with E-state index in [0.717, 1.165) is 25.0 Å². The smallest absolute Gasteiger partial charge is 0.261 e. The topological polar surface area (TPSA) is 27.7 Å². The lowest BCUT2D eigenvalue weighted by Gasteiger charge is -2.46. The number of hydrogen-bond donors (Lipinski definition) is 0. The molecule has 0 fully saturated rings. The molecule has 1 aliphatic heterocycles. The largest absolute Gasteiger partial charge is 0.490 e. The Kier molecular flexibility index (Phi) is 9.16. The SMILES string of the molecule is C=C1O[C@@H](CC)[C@H](O[Si](c2ccccc2)(c2ccccc2)C(C)(C)C)C/C=C\C[C@H]1O[Si](C)C. The third-order valence-electron chi connectivity index (χ3n) is 6.49. The second-order valence-corrected chi connectivity index (χ2v) is 16.6. The van der Waals surface area contributed by atoms with Crippen LogP contribution in [-0.4, -0.2) is 35.7 Å². The lowest BCUT2D eigenvalue weighted by Crippen LogP contribution is -2.68. The Balaban J connectivity index is 2.07. The molecule has 0 N–H and O–H groups in total. The molecule has 0 amide bonds. The molecule has 5 heteroatoms. The third-order valence-corrected chi connectivity index (χ3v) is 12.3. The van der Waals surface area contributed by atoms with Gasteiger partial charge in [0.15, 0.2) is 0 Å². The van der Waals surface area contributed by atoms with E-state index in [-0.39, 0.29) is 23.4 Å². The minimum atomic E-state index is -2.69. The Morgan fingerprint density at radius 3 is 1.94 bits per heavy atom. The predicted molar refractivity (Wildman–Crippen MR) is 148 cm³/mol.